The summed E-state index contributed by atoms with van der Waals surface area (Å²) in [6.07, 6.45) is 2.12. The predicted molar refractivity (Wildman–Crippen MR) is 27.0 cm³/mol. The highest BCUT2D eigenvalue weighted by atomic mass is 16.5. The van der Waals surface area contributed by atoms with Crippen LogP contribution in [0.25, 0.3) is 0 Å². The second-order valence-corrected chi connectivity index (χ2v) is 1.55. The number of carboxylic acids is 1. The molecule has 1 N–H and O–H groups in total. The van der Waals surface area contributed by atoms with Gasteiger partial charge in [0.25, 0.3) is 0 Å². The number of nitrogens with zero attached hydrogens (tertiary/aromatic N) is 1. The zero-order valence-corrected chi connectivity index (χ0v) is 4.71. The van der Waals surface area contributed by atoms with Crippen molar-refractivity contribution in [3.05, 3.63) is 17.5 Å². The van der Waals surface area contributed by atoms with Gasteiger partial charge in [-0.05, 0) is 6.92 Å². The SMILES string of the molecule is Cc1no[c]c1C(=O)O. The van der Waals surface area contributed by atoms with Gasteiger partial charge in [-0.25, -0.2) is 4.79 Å². The molecule has 1 aromatic heterocycles. The van der Waals surface area contributed by atoms with Gasteiger partial charge >= 0.3 is 5.97 Å². The minimum Gasteiger partial charge on any atom is -0.477 e. The number of carbonyl (C=O) groups is 1. The topological polar surface area (TPSA) is 63.3 Å². The lowest BCUT2D eigenvalue weighted by Gasteiger charge is -1.81. The number of hydrogen-bond acceptors (Lipinski definition) is 3. The fourth-order valence-electron chi connectivity index (χ4n) is 0.455. The van der Waals surface area contributed by atoms with Crippen LogP contribution < -0.4 is 0 Å². The van der Waals surface area contributed by atoms with E-state index in [1.54, 1.807) is 6.92 Å². The van der Waals surface area contributed by atoms with Gasteiger partial charge in [0, 0.05) is 0 Å². The van der Waals surface area contributed by atoms with E-state index in [2.05, 4.69) is 15.9 Å². The van der Waals surface area contributed by atoms with Gasteiger partial charge in [-0.1, -0.05) is 5.16 Å². The van der Waals surface area contributed by atoms with Crippen LogP contribution in [0.2, 0.25) is 0 Å². The van der Waals surface area contributed by atoms with Crippen LogP contribution in [0.15, 0.2) is 4.52 Å². The molecule has 0 fully saturated rings. The highest BCUT2D eigenvalue weighted by Gasteiger charge is 2.10. The van der Waals surface area contributed by atoms with Gasteiger partial charge in [0.1, 0.15) is 5.56 Å². The van der Waals surface area contributed by atoms with E-state index in [1.165, 1.54) is 0 Å². The Balaban J connectivity index is 3.08. The van der Waals surface area contributed by atoms with Crippen molar-refractivity contribution in [2.24, 2.45) is 0 Å². The molecule has 1 radical (unpaired) electrons. The van der Waals surface area contributed by atoms with Gasteiger partial charge in [-0.2, -0.15) is 0 Å². The van der Waals surface area contributed by atoms with Crippen molar-refractivity contribution >= 4 is 5.97 Å². The van der Waals surface area contributed by atoms with Crippen LogP contribution in [0, 0.1) is 13.2 Å². The van der Waals surface area contributed by atoms with Crippen molar-refractivity contribution in [1.82, 2.24) is 5.16 Å². The molecule has 0 unspecified atom stereocenters. The maximum absolute atomic E-state index is 10.2. The van der Waals surface area contributed by atoms with Crippen molar-refractivity contribution in [2.75, 3.05) is 0 Å². The molecule has 1 heterocycles. The number of rotatable bonds is 1. The molecule has 0 aromatic carbocycles. The Labute approximate surface area is 51.1 Å². The summed E-state index contributed by atoms with van der Waals surface area (Å²) < 4.78 is 4.25. The number of carboxylic acid groups (broad SMARTS) is 1. The smallest absolute Gasteiger partial charge is 0.341 e. The summed E-state index contributed by atoms with van der Waals surface area (Å²) in [5.41, 5.74) is 0.345. The lowest BCUT2D eigenvalue weighted by Crippen LogP contribution is -1.95. The quantitative estimate of drug-likeness (QED) is 0.594. The zero-order valence-electron chi connectivity index (χ0n) is 4.71. The third-order valence-electron chi connectivity index (χ3n) is 0.906. The maximum atomic E-state index is 10.2. The standard InChI is InChI=1S/C5H4NO3/c1-3-4(5(7)8)2-9-6-3/h1H3,(H,7,8). The maximum Gasteiger partial charge on any atom is 0.341 e. The van der Waals surface area contributed by atoms with Crippen LogP contribution in [0.5, 0.6) is 0 Å². The Bertz CT molecular complexity index is 228. The molecule has 0 amide bonds. The molecular formula is C5H4NO3. The summed E-state index contributed by atoms with van der Waals surface area (Å²) >= 11 is 0. The molecule has 0 bridgehead atoms. The number of aromatic nitrogens is 1. The second kappa shape index (κ2) is 1.89. The van der Waals surface area contributed by atoms with Gasteiger partial charge in [0.2, 0.25) is 6.26 Å². The molecule has 0 aliphatic carbocycles. The summed E-state index contributed by atoms with van der Waals surface area (Å²) in [6.45, 7) is 1.55. The molecule has 0 atom stereocenters. The summed E-state index contributed by atoms with van der Waals surface area (Å²) in [6, 6.07) is 0. The van der Waals surface area contributed by atoms with Gasteiger partial charge in [-0.15, -0.1) is 0 Å². The van der Waals surface area contributed by atoms with E-state index in [9.17, 15) is 4.79 Å². The molecule has 47 valence electrons. The fraction of sp³-hybridized carbons (Fsp3) is 0.200. The molecular weight excluding hydrogens is 122 g/mol. The Kier molecular flexibility index (Phi) is 1.22. The lowest BCUT2D eigenvalue weighted by molar-refractivity contribution is 0.0695. The van der Waals surface area contributed by atoms with Crippen molar-refractivity contribution < 1.29 is 14.4 Å². The van der Waals surface area contributed by atoms with Crippen molar-refractivity contribution in [3.8, 4) is 0 Å². The first-order valence-corrected chi connectivity index (χ1v) is 2.29. The normalized spacial score (nSPS) is 9.44. The average Bonchev–Trinajstić information content (AvgIpc) is 2.13. The molecule has 0 aliphatic heterocycles. The molecule has 0 saturated carbocycles. The molecule has 1 rings (SSSR count). The van der Waals surface area contributed by atoms with Gasteiger partial charge in [0.05, 0.1) is 5.69 Å². The van der Waals surface area contributed by atoms with Gasteiger partial charge < -0.3 is 9.63 Å². The van der Waals surface area contributed by atoms with Gasteiger partial charge in [0.15, 0.2) is 0 Å². The minimum absolute atomic E-state index is 0.00463. The molecule has 0 aliphatic rings. The first-order valence-electron chi connectivity index (χ1n) is 2.29. The Morgan fingerprint density at radius 3 is 2.78 bits per heavy atom. The van der Waals surface area contributed by atoms with Crippen LogP contribution in [-0.4, -0.2) is 16.2 Å². The van der Waals surface area contributed by atoms with Crippen LogP contribution in [0.3, 0.4) is 0 Å². The van der Waals surface area contributed by atoms with Crippen LogP contribution >= 0.6 is 0 Å². The summed E-state index contributed by atoms with van der Waals surface area (Å²) in [5, 5.41) is 11.6. The van der Waals surface area contributed by atoms with E-state index in [4.69, 9.17) is 5.11 Å². The third kappa shape index (κ3) is 0.910. The highest BCUT2D eigenvalue weighted by molar-refractivity contribution is 5.87. The highest BCUT2D eigenvalue weighted by Crippen LogP contribution is 2.01. The van der Waals surface area contributed by atoms with Crippen molar-refractivity contribution in [3.63, 3.8) is 0 Å². The second-order valence-electron chi connectivity index (χ2n) is 1.55. The van der Waals surface area contributed by atoms with Crippen LogP contribution in [0.1, 0.15) is 16.1 Å². The summed E-state index contributed by atoms with van der Waals surface area (Å²) in [4.78, 5) is 10.2. The molecule has 4 nitrogen and oxygen atoms in total. The largest absolute Gasteiger partial charge is 0.477 e. The minimum atomic E-state index is -1.06. The Morgan fingerprint density at radius 2 is 2.56 bits per heavy atom. The first kappa shape index (κ1) is 5.81. The fourth-order valence-corrected chi connectivity index (χ4v) is 0.455. The van der Waals surface area contributed by atoms with E-state index >= 15 is 0 Å². The predicted octanol–water partition coefficient (Wildman–Crippen LogP) is 0.481. The Hall–Kier alpha value is -1.32. The van der Waals surface area contributed by atoms with E-state index in [0.29, 0.717) is 5.69 Å². The molecule has 9 heavy (non-hydrogen) atoms. The number of hydrogen-bond donors (Lipinski definition) is 1. The molecule has 1 aromatic rings. The third-order valence-corrected chi connectivity index (χ3v) is 0.906. The molecule has 0 saturated heterocycles. The average molecular weight is 126 g/mol. The van der Waals surface area contributed by atoms with E-state index < -0.39 is 5.97 Å². The first-order chi connectivity index (χ1) is 4.22. The molecule has 0 spiro atoms. The lowest BCUT2D eigenvalue weighted by atomic mass is 10.3. The van der Waals surface area contributed by atoms with E-state index in [0.717, 1.165) is 0 Å². The van der Waals surface area contributed by atoms with E-state index in [1.807, 2.05) is 0 Å². The van der Waals surface area contributed by atoms with Crippen molar-refractivity contribution in [1.29, 1.82) is 0 Å². The van der Waals surface area contributed by atoms with Crippen molar-refractivity contribution in [2.45, 2.75) is 6.92 Å². The number of aromatic carboxylic acids is 1. The Morgan fingerprint density at radius 1 is 1.89 bits per heavy atom. The monoisotopic (exact) mass is 126 g/mol. The summed E-state index contributed by atoms with van der Waals surface area (Å²) in [7, 11) is 0. The van der Waals surface area contributed by atoms with Gasteiger partial charge in [-0.3, -0.25) is 0 Å². The molecule has 4 heteroatoms. The van der Waals surface area contributed by atoms with E-state index in [-0.39, 0.29) is 5.56 Å². The van der Waals surface area contributed by atoms with Crippen LogP contribution in [0.4, 0.5) is 0 Å². The zero-order chi connectivity index (χ0) is 6.85. The van der Waals surface area contributed by atoms with Crippen LogP contribution in [-0.2, 0) is 0 Å². The number of aryl methyl sites for hydroxylation is 1. The summed E-state index contributed by atoms with van der Waals surface area (Å²) in [5.74, 6) is -1.06.